The molecule has 7 heteroatoms. The zero-order valence-electron chi connectivity index (χ0n) is 14.8. The molecule has 0 radical (unpaired) electrons. The summed E-state index contributed by atoms with van der Waals surface area (Å²) in [5.41, 5.74) is 1.86. The summed E-state index contributed by atoms with van der Waals surface area (Å²) in [4.78, 5) is 12.5. The summed E-state index contributed by atoms with van der Waals surface area (Å²) in [6, 6.07) is 19.8. The lowest BCUT2D eigenvalue weighted by atomic mass is 9.97. The van der Waals surface area contributed by atoms with E-state index in [1.54, 1.807) is 35.7 Å². The molecule has 2 aromatic carbocycles. The Balaban J connectivity index is 1.71. The predicted molar refractivity (Wildman–Crippen MR) is 110 cm³/mol. The zero-order valence-corrected chi connectivity index (χ0v) is 16.4. The third-order valence-electron chi connectivity index (χ3n) is 4.07. The van der Waals surface area contributed by atoms with E-state index in [-0.39, 0.29) is 16.0 Å². The van der Waals surface area contributed by atoms with Gasteiger partial charge in [0.05, 0.1) is 11.4 Å². The molecule has 1 atom stereocenters. The molecule has 0 aliphatic heterocycles. The Morgan fingerprint density at radius 3 is 2.30 bits per heavy atom. The molecule has 0 aliphatic carbocycles. The van der Waals surface area contributed by atoms with Gasteiger partial charge in [-0.05, 0) is 35.1 Å². The standard InChI is InChI=1S/C20H20N2O3S2/c1-15(16-8-3-2-4-9-16)14-19(23)21-17-10-5-6-11-18(17)22-27(24,25)20-12-7-13-26-20/h2-13,15,22H,14H2,1H3,(H,21,23)/t15-/m0/s1. The number of thiophene rings is 1. The van der Waals surface area contributed by atoms with Gasteiger partial charge in [0, 0.05) is 6.42 Å². The van der Waals surface area contributed by atoms with E-state index < -0.39 is 10.0 Å². The fourth-order valence-corrected chi connectivity index (χ4v) is 4.74. The van der Waals surface area contributed by atoms with E-state index in [0.717, 1.165) is 16.9 Å². The molecule has 0 aliphatic rings. The quantitative estimate of drug-likeness (QED) is 0.605. The van der Waals surface area contributed by atoms with Crippen molar-refractivity contribution >= 4 is 38.6 Å². The van der Waals surface area contributed by atoms with Crippen LogP contribution in [0.1, 0.15) is 24.8 Å². The van der Waals surface area contributed by atoms with Crippen LogP contribution in [-0.4, -0.2) is 14.3 Å². The van der Waals surface area contributed by atoms with Gasteiger partial charge in [0.2, 0.25) is 5.91 Å². The SMILES string of the molecule is C[C@@H](CC(=O)Nc1ccccc1NS(=O)(=O)c1cccs1)c1ccccc1. The van der Waals surface area contributed by atoms with E-state index in [9.17, 15) is 13.2 Å². The van der Waals surface area contributed by atoms with E-state index >= 15 is 0 Å². The monoisotopic (exact) mass is 400 g/mol. The minimum absolute atomic E-state index is 0.0566. The Morgan fingerprint density at radius 2 is 1.63 bits per heavy atom. The molecule has 2 N–H and O–H groups in total. The van der Waals surface area contributed by atoms with Crippen molar-refractivity contribution in [3.63, 3.8) is 0 Å². The van der Waals surface area contributed by atoms with Crippen molar-refractivity contribution in [2.24, 2.45) is 0 Å². The van der Waals surface area contributed by atoms with Crippen molar-refractivity contribution < 1.29 is 13.2 Å². The Labute approximate surface area is 163 Å². The number of benzene rings is 2. The molecule has 27 heavy (non-hydrogen) atoms. The number of hydrogen-bond acceptors (Lipinski definition) is 4. The van der Waals surface area contributed by atoms with Gasteiger partial charge in [0.1, 0.15) is 4.21 Å². The normalized spacial score (nSPS) is 12.3. The van der Waals surface area contributed by atoms with Crippen molar-refractivity contribution in [2.45, 2.75) is 23.5 Å². The Morgan fingerprint density at radius 1 is 0.963 bits per heavy atom. The highest BCUT2D eigenvalue weighted by molar-refractivity contribution is 7.94. The van der Waals surface area contributed by atoms with Crippen molar-refractivity contribution in [3.8, 4) is 0 Å². The summed E-state index contributed by atoms with van der Waals surface area (Å²) >= 11 is 1.14. The van der Waals surface area contributed by atoms with Crippen LogP contribution < -0.4 is 10.0 Å². The number of nitrogens with one attached hydrogen (secondary N) is 2. The topological polar surface area (TPSA) is 75.3 Å². The molecule has 3 rings (SSSR count). The number of amides is 1. The van der Waals surface area contributed by atoms with E-state index in [4.69, 9.17) is 0 Å². The van der Waals surface area contributed by atoms with Crippen LogP contribution in [0.4, 0.5) is 11.4 Å². The molecule has 0 bridgehead atoms. The van der Waals surface area contributed by atoms with Gasteiger partial charge >= 0.3 is 0 Å². The maximum Gasteiger partial charge on any atom is 0.271 e. The summed E-state index contributed by atoms with van der Waals surface area (Å²) in [5.74, 6) is -0.115. The van der Waals surface area contributed by atoms with Crippen LogP contribution in [0.2, 0.25) is 0 Å². The Kier molecular flexibility index (Phi) is 5.93. The van der Waals surface area contributed by atoms with Crippen molar-refractivity contribution in [3.05, 3.63) is 77.7 Å². The maximum absolute atomic E-state index is 12.5. The first-order chi connectivity index (χ1) is 13.0. The number of carbonyl (C=O) groups excluding carboxylic acids is 1. The lowest BCUT2D eigenvalue weighted by Gasteiger charge is -2.15. The number of rotatable bonds is 7. The van der Waals surface area contributed by atoms with Crippen LogP contribution in [0.15, 0.2) is 76.3 Å². The van der Waals surface area contributed by atoms with Gasteiger partial charge in [-0.25, -0.2) is 8.42 Å². The van der Waals surface area contributed by atoms with E-state index in [0.29, 0.717) is 17.8 Å². The molecule has 5 nitrogen and oxygen atoms in total. The van der Waals surface area contributed by atoms with Gasteiger partial charge in [-0.2, -0.15) is 0 Å². The Bertz CT molecular complexity index is 1000. The molecule has 1 amide bonds. The van der Waals surface area contributed by atoms with E-state index in [1.165, 1.54) is 6.07 Å². The molecular formula is C20H20N2O3S2. The van der Waals surface area contributed by atoms with Crippen LogP contribution in [0.25, 0.3) is 0 Å². The van der Waals surface area contributed by atoms with Gasteiger partial charge in [-0.3, -0.25) is 9.52 Å². The minimum Gasteiger partial charge on any atom is -0.324 e. The maximum atomic E-state index is 12.5. The molecule has 0 unspecified atom stereocenters. The first-order valence-corrected chi connectivity index (χ1v) is 10.8. The van der Waals surface area contributed by atoms with Gasteiger partial charge in [-0.1, -0.05) is 55.5 Å². The van der Waals surface area contributed by atoms with Gasteiger partial charge < -0.3 is 5.32 Å². The number of sulfonamides is 1. The average molecular weight is 401 g/mol. The second-order valence-electron chi connectivity index (χ2n) is 6.15. The number of anilines is 2. The summed E-state index contributed by atoms with van der Waals surface area (Å²) in [6.07, 6.45) is 0.302. The van der Waals surface area contributed by atoms with Crippen molar-refractivity contribution in [1.82, 2.24) is 0 Å². The average Bonchev–Trinajstić information content (AvgIpc) is 3.19. The van der Waals surface area contributed by atoms with Crippen molar-refractivity contribution in [2.75, 3.05) is 10.0 Å². The largest absolute Gasteiger partial charge is 0.324 e. The lowest BCUT2D eigenvalue weighted by molar-refractivity contribution is -0.116. The summed E-state index contributed by atoms with van der Waals surface area (Å²) in [5, 5.41) is 4.52. The predicted octanol–water partition coefficient (Wildman–Crippen LogP) is 4.68. The summed E-state index contributed by atoms with van der Waals surface area (Å²) < 4.78 is 27.7. The van der Waals surface area contributed by atoms with Crippen LogP contribution in [0, 0.1) is 0 Å². The molecular weight excluding hydrogens is 380 g/mol. The molecule has 1 aromatic heterocycles. The third kappa shape index (κ3) is 4.96. The molecule has 1 heterocycles. The third-order valence-corrected chi connectivity index (χ3v) is 6.83. The molecule has 0 fully saturated rings. The van der Waals surface area contributed by atoms with Crippen LogP contribution in [-0.2, 0) is 14.8 Å². The molecule has 3 aromatic rings. The van der Waals surface area contributed by atoms with E-state index in [2.05, 4.69) is 10.0 Å². The smallest absolute Gasteiger partial charge is 0.271 e. The van der Waals surface area contributed by atoms with Gasteiger partial charge in [-0.15, -0.1) is 11.3 Å². The second-order valence-corrected chi connectivity index (χ2v) is 9.00. The van der Waals surface area contributed by atoms with Crippen LogP contribution >= 0.6 is 11.3 Å². The highest BCUT2D eigenvalue weighted by Gasteiger charge is 2.18. The minimum atomic E-state index is -3.68. The van der Waals surface area contributed by atoms with E-state index in [1.807, 2.05) is 37.3 Å². The zero-order chi connectivity index (χ0) is 19.3. The van der Waals surface area contributed by atoms with Gasteiger partial charge in [0.25, 0.3) is 10.0 Å². The summed E-state index contributed by atoms with van der Waals surface area (Å²) in [7, 11) is -3.68. The fourth-order valence-electron chi connectivity index (χ4n) is 2.67. The Hall–Kier alpha value is -2.64. The molecule has 140 valence electrons. The van der Waals surface area contributed by atoms with Crippen LogP contribution in [0.3, 0.4) is 0 Å². The molecule has 0 saturated carbocycles. The lowest BCUT2D eigenvalue weighted by Crippen LogP contribution is -2.17. The van der Waals surface area contributed by atoms with Crippen LogP contribution in [0.5, 0.6) is 0 Å². The number of para-hydroxylation sites is 2. The number of carbonyl (C=O) groups is 1. The van der Waals surface area contributed by atoms with Gasteiger partial charge in [0.15, 0.2) is 0 Å². The fraction of sp³-hybridized carbons (Fsp3) is 0.150. The first kappa shape index (κ1) is 19.1. The summed E-state index contributed by atoms with van der Waals surface area (Å²) in [6.45, 7) is 1.99. The second kappa shape index (κ2) is 8.37. The molecule has 0 saturated heterocycles. The van der Waals surface area contributed by atoms with Crippen molar-refractivity contribution in [1.29, 1.82) is 0 Å². The number of hydrogen-bond donors (Lipinski definition) is 2. The highest BCUT2D eigenvalue weighted by Crippen LogP contribution is 2.27. The molecule has 0 spiro atoms. The highest BCUT2D eigenvalue weighted by atomic mass is 32.2. The first-order valence-electron chi connectivity index (χ1n) is 8.46.